The van der Waals surface area contributed by atoms with Crippen LogP contribution in [-0.4, -0.2) is 0 Å². The van der Waals surface area contributed by atoms with Crippen LogP contribution in [0.4, 0.5) is 0 Å². The fourth-order valence-corrected chi connectivity index (χ4v) is 6.37. The standard InChI is InChI=1S/C21H30/c1-4-15-9-11-18-17-10-8-16-7-5-6-13-20(16,2)19(17)12-14-21(15,18)3/h6-7,13,15,18H,4-5,8-12,14H2,1-3H3/t15-,18-,20-,21+/m0/s1. The molecule has 4 aliphatic rings. The topological polar surface area (TPSA) is 0 Å². The summed E-state index contributed by atoms with van der Waals surface area (Å²) in [5, 5.41) is 0. The summed E-state index contributed by atoms with van der Waals surface area (Å²) in [5.74, 6) is 1.88. The third-order valence-electron chi connectivity index (χ3n) is 7.66. The average Bonchev–Trinajstić information content (AvgIpc) is 2.83. The molecule has 21 heavy (non-hydrogen) atoms. The first-order chi connectivity index (χ1) is 10.1. The van der Waals surface area contributed by atoms with Gasteiger partial charge < -0.3 is 0 Å². The van der Waals surface area contributed by atoms with Crippen molar-refractivity contribution in [1.82, 2.24) is 0 Å². The summed E-state index contributed by atoms with van der Waals surface area (Å²) in [6.07, 6.45) is 18.4. The highest BCUT2D eigenvalue weighted by Crippen LogP contribution is 2.63. The maximum absolute atomic E-state index is 2.62. The van der Waals surface area contributed by atoms with Crippen molar-refractivity contribution in [2.75, 3.05) is 0 Å². The molecule has 0 unspecified atom stereocenters. The second-order valence-electron chi connectivity index (χ2n) is 8.31. The summed E-state index contributed by atoms with van der Waals surface area (Å²) < 4.78 is 0. The normalized spacial score (nSPS) is 45.0. The smallest absolute Gasteiger partial charge is 0.0275 e. The van der Waals surface area contributed by atoms with Crippen molar-refractivity contribution >= 4 is 0 Å². The lowest BCUT2D eigenvalue weighted by atomic mass is 9.54. The van der Waals surface area contributed by atoms with Crippen molar-refractivity contribution in [2.24, 2.45) is 22.7 Å². The molecule has 4 atom stereocenters. The van der Waals surface area contributed by atoms with Gasteiger partial charge in [0.15, 0.2) is 0 Å². The van der Waals surface area contributed by atoms with Crippen LogP contribution in [0.5, 0.6) is 0 Å². The van der Waals surface area contributed by atoms with Gasteiger partial charge in [-0.25, -0.2) is 0 Å². The van der Waals surface area contributed by atoms with Crippen molar-refractivity contribution in [1.29, 1.82) is 0 Å². The van der Waals surface area contributed by atoms with Crippen molar-refractivity contribution in [2.45, 2.75) is 72.1 Å². The van der Waals surface area contributed by atoms with E-state index in [2.05, 4.69) is 39.0 Å². The SMILES string of the molecule is CC[C@H]1CC[C@H]2C3=C(CC[C@]12C)[C@@]1(C)C=CCC=C1CC3. The maximum Gasteiger partial charge on any atom is 0.0275 e. The van der Waals surface area contributed by atoms with Crippen LogP contribution in [0.15, 0.2) is 34.9 Å². The molecule has 0 saturated heterocycles. The van der Waals surface area contributed by atoms with Gasteiger partial charge >= 0.3 is 0 Å². The molecule has 0 heterocycles. The van der Waals surface area contributed by atoms with Gasteiger partial charge in [0.1, 0.15) is 0 Å². The van der Waals surface area contributed by atoms with E-state index in [1.807, 2.05) is 11.1 Å². The van der Waals surface area contributed by atoms with Gasteiger partial charge in [-0.1, -0.05) is 55.2 Å². The molecule has 4 rings (SSSR count). The van der Waals surface area contributed by atoms with E-state index in [1.165, 1.54) is 44.9 Å². The average molecular weight is 282 g/mol. The van der Waals surface area contributed by atoms with E-state index in [4.69, 9.17) is 0 Å². The fraction of sp³-hybridized carbons (Fsp3) is 0.714. The van der Waals surface area contributed by atoms with Crippen molar-refractivity contribution < 1.29 is 0 Å². The molecule has 0 aliphatic heterocycles. The first kappa shape index (κ1) is 13.9. The minimum absolute atomic E-state index is 0.289. The second kappa shape index (κ2) is 4.61. The van der Waals surface area contributed by atoms with Gasteiger partial charge in [-0.3, -0.25) is 0 Å². The van der Waals surface area contributed by atoms with E-state index >= 15 is 0 Å². The third-order valence-corrected chi connectivity index (χ3v) is 7.66. The largest absolute Gasteiger partial charge is 0.0836 e. The molecular weight excluding hydrogens is 252 g/mol. The van der Waals surface area contributed by atoms with Crippen LogP contribution in [0.3, 0.4) is 0 Å². The summed E-state index contributed by atoms with van der Waals surface area (Å²) in [5.41, 5.74) is 6.35. The van der Waals surface area contributed by atoms with Crippen LogP contribution in [0.1, 0.15) is 72.1 Å². The molecule has 0 amide bonds. The Kier molecular flexibility index (Phi) is 3.04. The maximum atomic E-state index is 2.62. The lowest BCUT2D eigenvalue weighted by Gasteiger charge is -2.50. The highest BCUT2D eigenvalue weighted by atomic mass is 14.6. The number of fused-ring (bicyclic) bond motifs is 4. The van der Waals surface area contributed by atoms with Crippen LogP contribution < -0.4 is 0 Å². The minimum Gasteiger partial charge on any atom is -0.0836 e. The summed E-state index contributed by atoms with van der Waals surface area (Å²) in [7, 11) is 0. The Morgan fingerprint density at radius 3 is 2.81 bits per heavy atom. The van der Waals surface area contributed by atoms with Gasteiger partial charge in [-0.15, -0.1) is 0 Å². The van der Waals surface area contributed by atoms with Gasteiger partial charge in [0, 0.05) is 5.41 Å². The Bertz CT molecular complexity index is 546. The molecule has 114 valence electrons. The van der Waals surface area contributed by atoms with Crippen molar-refractivity contribution in [3.63, 3.8) is 0 Å². The lowest BCUT2D eigenvalue weighted by molar-refractivity contribution is 0.136. The zero-order chi connectivity index (χ0) is 14.7. The summed E-state index contributed by atoms with van der Waals surface area (Å²) in [4.78, 5) is 0. The first-order valence-corrected chi connectivity index (χ1v) is 9.19. The van der Waals surface area contributed by atoms with E-state index < -0.39 is 0 Å². The summed E-state index contributed by atoms with van der Waals surface area (Å²) >= 11 is 0. The molecule has 0 radical (unpaired) electrons. The molecule has 0 bridgehead atoms. The second-order valence-corrected chi connectivity index (χ2v) is 8.31. The van der Waals surface area contributed by atoms with Gasteiger partial charge in [0.2, 0.25) is 0 Å². The Hall–Kier alpha value is -0.780. The predicted octanol–water partition coefficient (Wildman–Crippen LogP) is 6.21. The molecule has 0 N–H and O–H groups in total. The molecule has 1 saturated carbocycles. The van der Waals surface area contributed by atoms with Crippen LogP contribution in [0.2, 0.25) is 0 Å². The highest BCUT2D eigenvalue weighted by Gasteiger charge is 2.52. The van der Waals surface area contributed by atoms with E-state index in [0.717, 1.165) is 18.3 Å². The molecular formula is C21H30. The Morgan fingerprint density at radius 1 is 1.14 bits per heavy atom. The van der Waals surface area contributed by atoms with Gasteiger partial charge in [-0.05, 0) is 69.1 Å². The van der Waals surface area contributed by atoms with Crippen LogP contribution in [0.25, 0.3) is 0 Å². The Morgan fingerprint density at radius 2 is 2.00 bits per heavy atom. The van der Waals surface area contributed by atoms with Crippen molar-refractivity contribution in [3.8, 4) is 0 Å². The molecule has 0 nitrogen and oxygen atoms in total. The van der Waals surface area contributed by atoms with E-state index in [-0.39, 0.29) is 5.41 Å². The quantitative estimate of drug-likeness (QED) is 0.502. The summed E-state index contributed by atoms with van der Waals surface area (Å²) in [6.45, 7) is 7.53. The van der Waals surface area contributed by atoms with Crippen LogP contribution in [-0.2, 0) is 0 Å². The molecule has 0 heteroatoms. The summed E-state index contributed by atoms with van der Waals surface area (Å²) in [6, 6.07) is 0. The monoisotopic (exact) mass is 282 g/mol. The van der Waals surface area contributed by atoms with Crippen LogP contribution in [0, 0.1) is 22.7 Å². The molecule has 0 aromatic carbocycles. The van der Waals surface area contributed by atoms with Gasteiger partial charge in [-0.2, -0.15) is 0 Å². The Balaban J connectivity index is 1.79. The fourth-order valence-electron chi connectivity index (χ4n) is 6.37. The molecule has 1 fully saturated rings. The van der Waals surface area contributed by atoms with Gasteiger partial charge in [0.05, 0.1) is 0 Å². The third kappa shape index (κ3) is 1.74. The number of allylic oxidation sites excluding steroid dienone is 6. The predicted molar refractivity (Wildman–Crippen MR) is 90.1 cm³/mol. The zero-order valence-corrected chi connectivity index (χ0v) is 14.0. The number of hydrogen-bond donors (Lipinski definition) is 0. The van der Waals surface area contributed by atoms with E-state index in [0.29, 0.717) is 5.41 Å². The van der Waals surface area contributed by atoms with E-state index in [9.17, 15) is 0 Å². The minimum atomic E-state index is 0.289. The highest BCUT2D eigenvalue weighted by molar-refractivity contribution is 5.46. The van der Waals surface area contributed by atoms with E-state index in [1.54, 1.807) is 5.57 Å². The molecule has 4 aliphatic carbocycles. The lowest BCUT2D eigenvalue weighted by Crippen LogP contribution is -2.39. The zero-order valence-electron chi connectivity index (χ0n) is 14.0. The van der Waals surface area contributed by atoms with Crippen molar-refractivity contribution in [3.05, 3.63) is 34.9 Å². The number of rotatable bonds is 1. The van der Waals surface area contributed by atoms with Gasteiger partial charge in [0.25, 0.3) is 0 Å². The molecule has 0 aromatic heterocycles. The molecule has 0 spiro atoms. The molecule has 0 aromatic rings. The number of hydrogen-bond acceptors (Lipinski definition) is 0. The van der Waals surface area contributed by atoms with Crippen LogP contribution >= 0.6 is 0 Å². The first-order valence-electron chi connectivity index (χ1n) is 9.19. The Labute approximate surface area is 130 Å².